The van der Waals surface area contributed by atoms with E-state index in [1.807, 2.05) is 18.4 Å². The Balaban J connectivity index is 1.53. The van der Waals surface area contributed by atoms with Crippen molar-refractivity contribution in [3.8, 4) is 5.75 Å². The van der Waals surface area contributed by atoms with Gasteiger partial charge in [-0.25, -0.2) is 9.18 Å². The minimum Gasteiger partial charge on any atom is -0.497 e. The predicted octanol–water partition coefficient (Wildman–Crippen LogP) is 5.45. The van der Waals surface area contributed by atoms with Crippen molar-refractivity contribution in [1.29, 1.82) is 0 Å². The number of nitrogens with one attached hydrogen (secondary N) is 1. The van der Waals surface area contributed by atoms with Crippen molar-refractivity contribution in [2.24, 2.45) is 0 Å². The summed E-state index contributed by atoms with van der Waals surface area (Å²) in [7, 11) is 1.56. The zero-order valence-electron chi connectivity index (χ0n) is 21.1. The molecule has 4 rings (SSSR count). The molecule has 0 bridgehead atoms. The van der Waals surface area contributed by atoms with Gasteiger partial charge in [-0.2, -0.15) is 0 Å². The van der Waals surface area contributed by atoms with Gasteiger partial charge in [-0.3, -0.25) is 4.79 Å². The van der Waals surface area contributed by atoms with Gasteiger partial charge in [-0.05, 0) is 66.6 Å². The molecule has 1 fully saturated rings. The minimum atomic E-state index is -0.383. The van der Waals surface area contributed by atoms with Crippen LogP contribution in [0.15, 0.2) is 60.0 Å². The first kappa shape index (κ1) is 26.6. The van der Waals surface area contributed by atoms with E-state index in [1.165, 1.54) is 17.0 Å². The monoisotopic (exact) mass is 525 g/mol. The summed E-state index contributed by atoms with van der Waals surface area (Å²) in [6.07, 6.45) is 1.65. The summed E-state index contributed by atoms with van der Waals surface area (Å²) >= 11 is 1.59. The number of hydrogen-bond acceptors (Lipinski definition) is 5. The highest BCUT2D eigenvalue weighted by Crippen LogP contribution is 2.21. The fourth-order valence-electron chi connectivity index (χ4n) is 4.20. The second-order valence-corrected chi connectivity index (χ2v) is 10.1. The molecule has 7 nitrogen and oxygen atoms in total. The van der Waals surface area contributed by atoms with E-state index in [4.69, 9.17) is 9.47 Å². The number of anilines is 1. The third kappa shape index (κ3) is 7.53. The molecule has 37 heavy (non-hydrogen) atoms. The average Bonchev–Trinajstić information content (AvgIpc) is 3.56. The summed E-state index contributed by atoms with van der Waals surface area (Å²) < 4.78 is 24.5. The number of halogens is 1. The van der Waals surface area contributed by atoms with Crippen LogP contribution >= 0.6 is 11.3 Å². The highest BCUT2D eigenvalue weighted by Gasteiger charge is 2.27. The van der Waals surface area contributed by atoms with Crippen molar-refractivity contribution >= 4 is 29.0 Å². The summed E-state index contributed by atoms with van der Waals surface area (Å²) in [6.45, 7) is 3.58. The lowest BCUT2D eigenvalue weighted by molar-refractivity contribution is -0.133. The molecule has 196 valence electrons. The van der Waals surface area contributed by atoms with E-state index in [1.54, 1.807) is 59.7 Å². The van der Waals surface area contributed by atoms with Crippen LogP contribution in [-0.4, -0.2) is 54.6 Å². The van der Waals surface area contributed by atoms with Crippen LogP contribution in [0.4, 0.5) is 14.9 Å². The van der Waals surface area contributed by atoms with Gasteiger partial charge in [0.15, 0.2) is 0 Å². The maximum Gasteiger partial charge on any atom is 0.322 e. The Morgan fingerprint density at radius 3 is 2.62 bits per heavy atom. The van der Waals surface area contributed by atoms with Gasteiger partial charge in [-0.1, -0.05) is 18.2 Å². The first-order valence-corrected chi connectivity index (χ1v) is 13.2. The minimum absolute atomic E-state index is 0.110. The number of nitrogens with zero attached hydrogens (tertiary/aromatic N) is 2. The number of aryl methyl sites for hydroxylation is 1. The lowest BCUT2D eigenvalue weighted by Gasteiger charge is -2.29. The number of methoxy groups -OCH3 is 1. The van der Waals surface area contributed by atoms with Crippen LogP contribution in [0.25, 0.3) is 0 Å². The molecule has 2 aromatic carbocycles. The molecule has 1 atom stereocenters. The van der Waals surface area contributed by atoms with Crippen molar-refractivity contribution in [1.82, 2.24) is 9.80 Å². The largest absolute Gasteiger partial charge is 0.497 e. The van der Waals surface area contributed by atoms with E-state index < -0.39 is 0 Å². The van der Waals surface area contributed by atoms with Crippen LogP contribution in [-0.2, 0) is 22.6 Å². The number of ether oxygens (including phenoxy) is 2. The van der Waals surface area contributed by atoms with Crippen LogP contribution in [0.2, 0.25) is 0 Å². The fraction of sp³-hybridized carbons (Fsp3) is 0.357. The van der Waals surface area contributed by atoms with E-state index >= 15 is 0 Å². The molecule has 1 aliphatic heterocycles. The number of amides is 3. The van der Waals surface area contributed by atoms with Crippen molar-refractivity contribution in [2.45, 2.75) is 39.0 Å². The van der Waals surface area contributed by atoms with Crippen LogP contribution in [0.1, 0.15) is 28.8 Å². The van der Waals surface area contributed by atoms with Gasteiger partial charge >= 0.3 is 6.03 Å². The summed E-state index contributed by atoms with van der Waals surface area (Å²) in [5, 5.41) is 4.88. The van der Waals surface area contributed by atoms with Gasteiger partial charge in [0.05, 0.1) is 19.8 Å². The molecule has 0 saturated carbocycles. The number of thiophene rings is 1. The molecular weight excluding hydrogens is 493 g/mol. The van der Waals surface area contributed by atoms with E-state index in [2.05, 4.69) is 5.32 Å². The molecule has 1 saturated heterocycles. The van der Waals surface area contributed by atoms with Crippen LogP contribution in [0.3, 0.4) is 0 Å². The van der Waals surface area contributed by atoms with Gasteiger partial charge in [0, 0.05) is 36.3 Å². The summed E-state index contributed by atoms with van der Waals surface area (Å²) in [6, 6.07) is 14.8. The van der Waals surface area contributed by atoms with E-state index in [-0.39, 0.29) is 30.4 Å². The highest BCUT2D eigenvalue weighted by atomic mass is 32.1. The van der Waals surface area contributed by atoms with Gasteiger partial charge in [0.2, 0.25) is 5.91 Å². The van der Waals surface area contributed by atoms with Crippen LogP contribution in [0, 0.1) is 12.7 Å². The lowest BCUT2D eigenvalue weighted by atomic mass is 10.2. The van der Waals surface area contributed by atoms with E-state index in [9.17, 15) is 14.0 Å². The number of urea groups is 1. The Bertz CT molecular complexity index is 1190. The van der Waals surface area contributed by atoms with Crippen molar-refractivity contribution in [3.63, 3.8) is 0 Å². The average molecular weight is 526 g/mol. The highest BCUT2D eigenvalue weighted by molar-refractivity contribution is 7.10. The van der Waals surface area contributed by atoms with Gasteiger partial charge < -0.3 is 24.6 Å². The Morgan fingerprint density at radius 1 is 1.14 bits per heavy atom. The molecule has 1 aromatic heterocycles. The van der Waals surface area contributed by atoms with Gasteiger partial charge in [-0.15, -0.1) is 11.3 Å². The summed E-state index contributed by atoms with van der Waals surface area (Å²) in [5.74, 6) is 0.0972. The maximum absolute atomic E-state index is 13.7. The van der Waals surface area contributed by atoms with E-state index in [0.29, 0.717) is 37.7 Å². The maximum atomic E-state index is 13.7. The number of carbonyl (C=O) groups is 2. The predicted molar refractivity (Wildman–Crippen MR) is 142 cm³/mol. The number of rotatable bonds is 10. The number of hydrogen-bond donors (Lipinski definition) is 1. The van der Waals surface area contributed by atoms with Crippen molar-refractivity contribution in [3.05, 3.63) is 81.8 Å². The first-order valence-electron chi connectivity index (χ1n) is 12.3. The normalized spacial score (nSPS) is 14.8. The Hall–Kier alpha value is -3.43. The molecule has 3 aromatic rings. The molecule has 0 radical (unpaired) electrons. The topological polar surface area (TPSA) is 71.1 Å². The smallest absolute Gasteiger partial charge is 0.322 e. The molecule has 9 heteroatoms. The molecule has 3 amide bonds. The lowest BCUT2D eigenvalue weighted by Crippen LogP contribution is -2.46. The third-order valence-electron chi connectivity index (χ3n) is 6.32. The fourth-order valence-corrected chi connectivity index (χ4v) is 5.12. The van der Waals surface area contributed by atoms with Gasteiger partial charge in [0.25, 0.3) is 0 Å². The van der Waals surface area contributed by atoms with Gasteiger partial charge in [0.1, 0.15) is 18.1 Å². The molecular formula is C28H32FN3O4S. The molecule has 2 heterocycles. The quantitative estimate of drug-likeness (QED) is 0.382. The Morgan fingerprint density at radius 2 is 1.95 bits per heavy atom. The van der Waals surface area contributed by atoms with Crippen LogP contribution < -0.4 is 10.1 Å². The number of benzene rings is 2. The second-order valence-electron chi connectivity index (χ2n) is 9.08. The zero-order chi connectivity index (χ0) is 26.2. The molecule has 1 unspecified atom stereocenters. The first-order chi connectivity index (χ1) is 17.9. The van der Waals surface area contributed by atoms with E-state index in [0.717, 1.165) is 28.8 Å². The van der Waals surface area contributed by atoms with Crippen molar-refractivity contribution < 1.29 is 23.5 Å². The third-order valence-corrected chi connectivity index (χ3v) is 7.33. The molecule has 1 aliphatic rings. The standard InChI is InChI=1S/C28H32FN3O4S/c1-20-12-14-37-26(20)18-31(16-21-8-10-22(29)11-9-21)27(33)19-32(17-25-7-4-13-36-25)28(34)30-23-5-3-6-24(15-23)35-2/h3,5-6,8-12,14-15,25H,4,7,13,16-19H2,1-2H3,(H,30,34). The molecule has 0 spiro atoms. The summed E-state index contributed by atoms with van der Waals surface area (Å²) in [4.78, 5) is 31.3. The Labute approximate surface area is 220 Å². The molecule has 0 aliphatic carbocycles. The van der Waals surface area contributed by atoms with Crippen LogP contribution in [0.5, 0.6) is 5.75 Å². The second kappa shape index (κ2) is 12.7. The molecule has 1 N–H and O–H groups in total. The summed E-state index contributed by atoms with van der Waals surface area (Å²) in [5.41, 5.74) is 2.50. The zero-order valence-corrected chi connectivity index (χ0v) is 21.9. The van der Waals surface area contributed by atoms with Crippen molar-refractivity contribution in [2.75, 3.05) is 32.1 Å². The number of carbonyl (C=O) groups excluding carboxylic acids is 2. The SMILES string of the molecule is COc1cccc(NC(=O)N(CC(=O)N(Cc2ccc(F)cc2)Cc2sccc2C)CC2CCCO2)c1. The Kier molecular flexibility index (Phi) is 9.14.